The summed E-state index contributed by atoms with van der Waals surface area (Å²) in [6.45, 7) is 0.617. The first-order chi connectivity index (χ1) is 9.54. The van der Waals surface area contributed by atoms with Crippen LogP contribution in [0.4, 0.5) is 0 Å². The quantitative estimate of drug-likeness (QED) is 0.650. The van der Waals surface area contributed by atoms with Crippen molar-refractivity contribution >= 4 is 40.7 Å². The van der Waals surface area contributed by atoms with E-state index in [0.29, 0.717) is 11.7 Å². The third kappa shape index (κ3) is 4.36. The Morgan fingerprint density at radius 2 is 2.25 bits per heavy atom. The van der Waals surface area contributed by atoms with Crippen molar-refractivity contribution in [1.82, 2.24) is 9.55 Å². The first-order valence-electron chi connectivity index (χ1n) is 5.71. The van der Waals surface area contributed by atoms with Crippen LogP contribution in [0, 0.1) is 0 Å². The van der Waals surface area contributed by atoms with Crippen LogP contribution in [0.15, 0.2) is 34.3 Å². The SMILES string of the molecule is O=C(O)CSc1nc(=O)ccn1CCc1ccc(Cl)s1. The lowest BCUT2D eigenvalue weighted by atomic mass is 10.3. The molecule has 1 N–H and O–H groups in total. The van der Waals surface area contributed by atoms with Crippen molar-refractivity contribution in [1.29, 1.82) is 0 Å². The lowest BCUT2D eigenvalue weighted by molar-refractivity contribution is -0.133. The zero-order valence-electron chi connectivity index (χ0n) is 10.3. The molecule has 2 aromatic heterocycles. The highest BCUT2D eigenvalue weighted by atomic mass is 35.5. The van der Waals surface area contributed by atoms with Crippen LogP contribution in [0.25, 0.3) is 0 Å². The van der Waals surface area contributed by atoms with E-state index < -0.39 is 5.97 Å². The van der Waals surface area contributed by atoms with Gasteiger partial charge in [-0.1, -0.05) is 23.4 Å². The average molecular weight is 331 g/mol. The molecule has 20 heavy (non-hydrogen) atoms. The van der Waals surface area contributed by atoms with Crippen molar-refractivity contribution in [3.63, 3.8) is 0 Å². The van der Waals surface area contributed by atoms with Gasteiger partial charge in [-0.25, -0.2) is 0 Å². The van der Waals surface area contributed by atoms with E-state index in [1.807, 2.05) is 12.1 Å². The zero-order valence-corrected chi connectivity index (χ0v) is 12.7. The molecule has 0 spiro atoms. The number of aliphatic carboxylic acids is 1. The first-order valence-corrected chi connectivity index (χ1v) is 7.89. The summed E-state index contributed by atoms with van der Waals surface area (Å²) < 4.78 is 2.52. The van der Waals surface area contributed by atoms with E-state index in [1.54, 1.807) is 10.8 Å². The Morgan fingerprint density at radius 3 is 2.90 bits per heavy atom. The molecule has 0 atom stereocenters. The number of thiophene rings is 1. The predicted octanol–water partition coefficient (Wildman–Crippen LogP) is 2.38. The lowest BCUT2D eigenvalue weighted by Crippen LogP contribution is -2.15. The Kier molecular flexibility index (Phi) is 5.22. The Labute approximate surface area is 128 Å². The lowest BCUT2D eigenvalue weighted by Gasteiger charge is -2.09. The van der Waals surface area contributed by atoms with Crippen molar-refractivity contribution in [3.8, 4) is 0 Å². The third-order valence-corrected chi connectivity index (χ3v) is 4.67. The number of thioether (sulfide) groups is 1. The molecule has 2 aromatic rings. The molecule has 2 rings (SSSR count). The topological polar surface area (TPSA) is 72.2 Å². The molecular formula is C12H11ClN2O3S2. The van der Waals surface area contributed by atoms with Gasteiger partial charge in [-0.05, 0) is 18.6 Å². The van der Waals surface area contributed by atoms with E-state index in [2.05, 4.69) is 4.98 Å². The monoisotopic (exact) mass is 330 g/mol. The second-order valence-electron chi connectivity index (χ2n) is 3.88. The summed E-state index contributed by atoms with van der Waals surface area (Å²) in [6.07, 6.45) is 2.39. The maximum Gasteiger partial charge on any atom is 0.313 e. The van der Waals surface area contributed by atoms with Gasteiger partial charge in [0.1, 0.15) is 0 Å². The van der Waals surface area contributed by atoms with E-state index in [1.165, 1.54) is 17.4 Å². The fourth-order valence-corrected chi connectivity index (χ4v) is 3.34. The summed E-state index contributed by atoms with van der Waals surface area (Å²) in [5, 5.41) is 9.12. The van der Waals surface area contributed by atoms with Gasteiger partial charge in [0, 0.05) is 23.7 Å². The Morgan fingerprint density at radius 1 is 1.45 bits per heavy atom. The van der Waals surface area contributed by atoms with Gasteiger partial charge in [-0.2, -0.15) is 4.98 Å². The van der Waals surface area contributed by atoms with Crippen molar-refractivity contribution in [2.75, 3.05) is 5.75 Å². The fraction of sp³-hybridized carbons (Fsp3) is 0.250. The van der Waals surface area contributed by atoms with Crippen LogP contribution in [0.1, 0.15) is 4.88 Å². The third-order valence-electron chi connectivity index (χ3n) is 2.40. The normalized spacial score (nSPS) is 10.7. The maximum atomic E-state index is 11.3. The van der Waals surface area contributed by atoms with Crippen molar-refractivity contribution in [3.05, 3.63) is 44.0 Å². The molecule has 8 heteroatoms. The molecule has 0 unspecified atom stereocenters. The number of halogens is 1. The van der Waals surface area contributed by atoms with Crippen molar-refractivity contribution in [2.45, 2.75) is 18.1 Å². The minimum atomic E-state index is -0.940. The number of carboxylic acid groups (broad SMARTS) is 1. The number of carbonyl (C=O) groups is 1. The summed E-state index contributed by atoms with van der Waals surface area (Å²) in [6, 6.07) is 5.16. The van der Waals surface area contributed by atoms with Gasteiger partial charge in [0.05, 0.1) is 10.1 Å². The second-order valence-corrected chi connectivity index (χ2v) is 6.62. The molecule has 0 aliphatic heterocycles. The summed E-state index contributed by atoms with van der Waals surface area (Å²) in [4.78, 5) is 26.8. The van der Waals surface area contributed by atoms with E-state index in [-0.39, 0.29) is 11.3 Å². The minimum Gasteiger partial charge on any atom is -0.481 e. The van der Waals surface area contributed by atoms with Gasteiger partial charge in [-0.3, -0.25) is 9.59 Å². The van der Waals surface area contributed by atoms with Crippen LogP contribution in [0.2, 0.25) is 4.34 Å². The van der Waals surface area contributed by atoms with Gasteiger partial charge < -0.3 is 9.67 Å². The Bertz CT molecular complexity index is 669. The van der Waals surface area contributed by atoms with E-state index in [9.17, 15) is 9.59 Å². The molecule has 0 fully saturated rings. The van der Waals surface area contributed by atoms with Crippen LogP contribution in [-0.4, -0.2) is 26.4 Å². The van der Waals surface area contributed by atoms with Gasteiger partial charge >= 0.3 is 5.97 Å². The molecule has 0 saturated carbocycles. The highest BCUT2D eigenvalue weighted by Gasteiger charge is 2.07. The molecule has 0 radical (unpaired) electrons. The molecular weight excluding hydrogens is 320 g/mol. The van der Waals surface area contributed by atoms with E-state index in [4.69, 9.17) is 16.7 Å². The molecule has 0 aliphatic rings. The number of hydrogen-bond donors (Lipinski definition) is 1. The zero-order chi connectivity index (χ0) is 14.5. The van der Waals surface area contributed by atoms with Crippen molar-refractivity contribution < 1.29 is 9.90 Å². The standard InChI is InChI=1S/C12H11ClN2O3S2/c13-9-2-1-8(20-9)3-5-15-6-4-10(16)14-12(15)19-7-11(17)18/h1-2,4,6H,3,5,7H2,(H,17,18). The molecule has 106 valence electrons. The average Bonchev–Trinajstić information content (AvgIpc) is 2.81. The molecule has 0 amide bonds. The molecule has 0 saturated heterocycles. The van der Waals surface area contributed by atoms with E-state index in [0.717, 1.165) is 27.4 Å². The van der Waals surface area contributed by atoms with Crippen LogP contribution < -0.4 is 5.56 Å². The number of nitrogens with zero attached hydrogens (tertiary/aromatic N) is 2. The van der Waals surface area contributed by atoms with Gasteiger partial charge in [0.15, 0.2) is 5.16 Å². The van der Waals surface area contributed by atoms with Crippen LogP contribution >= 0.6 is 34.7 Å². The Hall–Kier alpha value is -1.31. The first kappa shape index (κ1) is 15.1. The number of carboxylic acids is 1. The highest BCUT2D eigenvalue weighted by Crippen LogP contribution is 2.22. The molecule has 5 nitrogen and oxygen atoms in total. The van der Waals surface area contributed by atoms with Crippen LogP contribution in [-0.2, 0) is 17.8 Å². The molecule has 0 bridgehead atoms. The number of aromatic nitrogens is 2. The minimum absolute atomic E-state index is 0.124. The second kappa shape index (κ2) is 6.92. The molecule has 2 heterocycles. The summed E-state index contributed by atoms with van der Waals surface area (Å²) in [5.74, 6) is -1.06. The fourth-order valence-electron chi connectivity index (χ4n) is 1.54. The molecule has 0 aliphatic carbocycles. The van der Waals surface area contributed by atoms with Gasteiger partial charge in [-0.15, -0.1) is 11.3 Å². The number of rotatable bonds is 6. The van der Waals surface area contributed by atoms with Crippen molar-refractivity contribution in [2.24, 2.45) is 0 Å². The maximum absolute atomic E-state index is 11.3. The summed E-state index contributed by atoms with van der Waals surface area (Å²) in [5.41, 5.74) is -0.367. The van der Waals surface area contributed by atoms with E-state index >= 15 is 0 Å². The summed E-state index contributed by atoms with van der Waals surface area (Å²) in [7, 11) is 0. The van der Waals surface area contributed by atoms with Gasteiger partial charge in [0.2, 0.25) is 0 Å². The van der Waals surface area contributed by atoms with Crippen LogP contribution in [0.5, 0.6) is 0 Å². The smallest absolute Gasteiger partial charge is 0.313 e. The highest BCUT2D eigenvalue weighted by molar-refractivity contribution is 7.99. The summed E-state index contributed by atoms with van der Waals surface area (Å²) >= 11 is 8.41. The van der Waals surface area contributed by atoms with Gasteiger partial charge in [0.25, 0.3) is 5.56 Å². The largest absolute Gasteiger partial charge is 0.481 e. The van der Waals surface area contributed by atoms with Crippen LogP contribution in [0.3, 0.4) is 0 Å². The number of aryl methyl sites for hydroxylation is 2. The molecule has 0 aromatic carbocycles. The predicted molar refractivity (Wildman–Crippen MR) is 79.9 cm³/mol. The Balaban J connectivity index is 2.09. The number of hydrogen-bond acceptors (Lipinski definition) is 5.